The number of carbonyl (C=O) groups excluding carboxylic acids is 1. The van der Waals surface area contributed by atoms with Gasteiger partial charge in [-0.2, -0.15) is 4.31 Å². The summed E-state index contributed by atoms with van der Waals surface area (Å²) in [5.41, 5.74) is 3.02. The number of carbonyl (C=O) groups is 1. The van der Waals surface area contributed by atoms with E-state index in [4.69, 9.17) is 4.74 Å². The zero-order valence-electron chi connectivity index (χ0n) is 16.2. The number of para-hydroxylation sites is 1. The first kappa shape index (κ1) is 20.5. The monoisotopic (exact) mass is 402 g/mol. The van der Waals surface area contributed by atoms with Crippen molar-refractivity contribution in [2.75, 3.05) is 31.6 Å². The fourth-order valence-corrected chi connectivity index (χ4v) is 4.69. The number of rotatable bonds is 6. The first-order valence-corrected chi connectivity index (χ1v) is 11.0. The number of hydrogen-bond acceptors (Lipinski definition) is 4. The molecule has 0 aliphatic carbocycles. The van der Waals surface area contributed by atoms with Crippen molar-refractivity contribution < 1.29 is 17.9 Å². The van der Waals surface area contributed by atoms with Gasteiger partial charge in [0.25, 0.3) is 5.91 Å². The second-order valence-corrected chi connectivity index (χ2v) is 9.13. The van der Waals surface area contributed by atoms with Gasteiger partial charge in [0.1, 0.15) is 0 Å². The molecule has 2 aromatic rings. The van der Waals surface area contributed by atoms with Crippen molar-refractivity contribution in [1.82, 2.24) is 4.31 Å². The molecule has 0 atom stereocenters. The second-order valence-electron chi connectivity index (χ2n) is 7.16. The summed E-state index contributed by atoms with van der Waals surface area (Å²) in [6.07, 6.45) is 0. The van der Waals surface area contributed by atoms with E-state index in [1.807, 2.05) is 24.3 Å². The quantitative estimate of drug-likeness (QED) is 0.805. The molecule has 1 fully saturated rings. The van der Waals surface area contributed by atoms with Crippen LogP contribution < -0.4 is 5.32 Å². The molecule has 1 N–H and O–H groups in total. The largest absolute Gasteiger partial charge is 0.379 e. The molecule has 1 heterocycles. The summed E-state index contributed by atoms with van der Waals surface area (Å²) in [7, 11) is -3.38. The SMILES string of the molecule is CC(C)c1ccccc1NC(=O)c1ccc(CS(=O)(=O)N2CCOCC2)cc1. The van der Waals surface area contributed by atoms with E-state index < -0.39 is 10.0 Å². The Morgan fingerprint density at radius 1 is 1.07 bits per heavy atom. The van der Waals surface area contributed by atoms with Crippen LogP contribution in [0.2, 0.25) is 0 Å². The van der Waals surface area contributed by atoms with E-state index in [0.29, 0.717) is 43.3 Å². The Bertz CT molecular complexity index is 918. The first-order valence-electron chi connectivity index (χ1n) is 9.41. The predicted octanol–water partition coefficient (Wildman–Crippen LogP) is 3.22. The Balaban J connectivity index is 1.68. The lowest BCUT2D eigenvalue weighted by Crippen LogP contribution is -2.41. The van der Waals surface area contributed by atoms with Crippen molar-refractivity contribution in [2.45, 2.75) is 25.5 Å². The van der Waals surface area contributed by atoms with E-state index in [1.165, 1.54) is 4.31 Å². The number of hydrogen-bond donors (Lipinski definition) is 1. The highest BCUT2D eigenvalue weighted by atomic mass is 32.2. The van der Waals surface area contributed by atoms with E-state index in [0.717, 1.165) is 11.3 Å². The molecule has 3 rings (SSSR count). The number of morpholine rings is 1. The Morgan fingerprint density at radius 3 is 2.36 bits per heavy atom. The smallest absolute Gasteiger partial charge is 0.255 e. The number of ether oxygens (including phenoxy) is 1. The van der Waals surface area contributed by atoms with E-state index >= 15 is 0 Å². The zero-order valence-corrected chi connectivity index (χ0v) is 17.0. The van der Waals surface area contributed by atoms with Crippen LogP contribution in [0.15, 0.2) is 48.5 Å². The number of amides is 1. The number of anilines is 1. The predicted molar refractivity (Wildman–Crippen MR) is 110 cm³/mol. The van der Waals surface area contributed by atoms with E-state index in [2.05, 4.69) is 19.2 Å². The van der Waals surface area contributed by atoms with Crippen LogP contribution in [-0.4, -0.2) is 44.9 Å². The summed E-state index contributed by atoms with van der Waals surface area (Å²) in [5, 5.41) is 2.95. The molecule has 6 nitrogen and oxygen atoms in total. The van der Waals surface area contributed by atoms with Crippen LogP contribution in [0.4, 0.5) is 5.69 Å². The fourth-order valence-electron chi connectivity index (χ4n) is 3.19. The highest BCUT2D eigenvalue weighted by Crippen LogP contribution is 2.24. The molecule has 0 aromatic heterocycles. The Hall–Kier alpha value is -2.22. The maximum atomic E-state index is 12.6. The van der Waals surface area contributed by atoms with Gasteiger partial charge in [-0.25, -0.2) is 8.42 Å². The minimum absolute atomic E-state index is 0.0783. The fraction of sp³-hybridized carbons (Fsp3) is 0.381. The second kappa shape index (κ2) is 8.86. The highest BCUT2D eigenvalue weighted by molar-refractivity contribution is 7.88. The van der Waals surface area contributed by atoms with Crippen molar-refractivity contribution in [1.29, 1.82) is 0 Å². The normalized spacial score (nSPS) is 15.5. The van der Waals surface area contributed by atoms with Crippen LogP contribution in [0, 0.1) is 0 Å². The molecule has 0 radical (unpaired) electrons. The molecule has 0 unspecified atom stereocenters. The average Bonchev–Trinajstić information content (AvgIpc) is 2.69. The summed E-state index contributed by atoms with van der Waals surface area (Å²) in [6.45, 7) is 5.78. The zero-order chi connectivity index (χ0) is 20.1. The minimum atomic E-state index is -3.38. The van der Waals surface area contributed by atoms with Crippen molar-refractivity contribution in [2.24, 2.45) is 0 Å². The maximum absolute atomic E-state index is 12.6. The third kappa shape index (κ3) is 4.98. The number of benzene rings is 2. The van der Waals surface area contributed by atoms with Gasteiger partial charge in [0.2, 0.25) is 10.0 Å². The maximum Gasteiger partial charge on any atom is 0.255 e. The molecule has 2 aromatic carbocycles. The van der Waals surface area contributed by atoms with Gasteiger partial charge in [0, 0.05) is 24.3 Å². The van der Waals surface area contributed by atoms with Crippen LogP contribution in [0.5, 0.6) is 0 Å². The van der Waals surface area contributed by atoms with Gasteiger partial charge in [-0.15, -0.1) is 0 Å². The molecule has 1 aliphatic heterocycles. The van der Waals surface area contributed by atoms with E-state index in [1.54, 1.807) is 24.3 Å². The Morgan fingerprint density at radius 2 is 1.71 bits per heavy atom. The van der Waals surface area contributed by atoms with Crippen molar-refractivity contribution in [3.05, 3.63) is 65.2 Å². The van der Waals surface area contributed by atoms with Gasteiger partial charge in [-0.05, 0) is 35.2 Å². The summed E-state index contributed by atoms with van der Waals surface area (Å²) >= 11 is 0. The van der Waals surface area contributed by atoms with Gasteiger partial charge < -0.3 is 10.1 Å². The highest BCUT2D eigenvalue weighted by Gasteiger charge is 2.24. The molecule has 150 valence electrons. The lowest BCUT2D eigenvalue weighted by molar-refractivity contribution is 0.0729. The molecule has 0 saturated carbocycles. The van der Waals surface area contributed by atoms with Crippen LogP contribution in [0.25, 0.3) is 0 Å². The molecular weight excluding hydrogens is 376 g/mol. The summed E-state index contributed by atoms with van der Waals surface area (Å²) in [6, 6.07) is 14.4. The first-order chi connectivity index (χ1) is 13.4. The summed E-state index contributed by atoms with van der Waals surface area (Å²) in [5.74, 6) is 0.00500. The van der Waals surface area contributed by atoms with Crippen molar-refractivity contribution in [3.8, 4) is 0 Å². The molecule has 1 amide bonds. The van der Waals surface area contributed by atoms with Crippen LogP contribution in [0.3, 0.4) is 0 Å². The topological polar surface area (TPSA) is 75.7 Å². The van der Waals surface area contributed by atoms with Crippen LogP contribution in [0.1, 0.15) is 41.3 Å². The van der Waals surface area contributed by atoms with Gasteiger partial charge in [0.15, 0.2) is 0 Å². The molecular formula is C21H26N2O4S. The van der Waals surface area contributed by atoms with Gasteiger partial charge in [0.05, 0.1) is 19.0 Å². The van der Waals surface area contributed by atoms with Gasteiger partial charge >= 0.3 is 0 Å². The summed E-state index contributed by atoms with van der Waals surface area (Å²) < 4.78 is 31.7. The molecule has 1 aliphatic rings. The van der Waals surface area contributed by atoms with Crippen LogP contribution in [-0.2, 0) is 20.5 Å². The molecule has 0 bridgehead atoms. The molecule has 0 spiro atoms. The van der Waals surface area contributed by atoms with E-state index in [9.17, 15) is 13.2 Å². The third-order valence-electron chi connectivity index (χ3n) is 4.76. The van der Waals surface area contributed by atoms with Crippen LogP contribution >= 0.6 is 0 Å². The minimum Gasteiger partial charge on any atom is -0.379 e. The number of nitrogens with zero attached hydrogens (tertiary/aromatic N) is 1. The Kier molecular flexibility index (Phi) is 6.49. The average molecular weight is 403 g/mol. The molecule has 1 saturated heterocycles. The third-order valence-corrected chi connectivity index (χ3v) is 6.61. The van der Waals surface area contributed by atoms with Crippen molar-refractivity contribution in [3.63, 3.8) is 0 Å². The molecule has 7 heteroatoms. The van der Waals surface area contributed by atoms with Gasteiger partial charge in [-0.1, -0.05) is 44.2 Å². The standard InChI is InChI=1S/C21H26N2O4S/c1-16(2)19-5-3-4-6-20(19)22-21(24)18-9-7-17(8-10-18)15-28(25,26)23-11-13-27-14-12-23/h3-10,16H,11-15H2,1-2H3,(H,22,24). The summed E-state index contributed by atoms with van der Waals surface area (Å²) in [4.78, 5) is 12.6. The number of sulfonamides is 1. The lowest BCUT2D eigenvalue weighted by Gasteiger charge is -2.26. The van der Waals surface area contributed by atoms with Crippen molar-refractivity contribution >= 4 is 21.6 Å². The molecule has 28 heavy (non-hydrogen) atoms. The number of nitrogens with one attached hydrogen (secondary N) is 1. The van der Waals surface area contributed by atoms with E-state index in [-0.39, 0.29) is 11.7 Å². The van der Waals surface area contributed by atoms with Gasteiger partial charge in [-0.3, -0.25) is 4.79 Å². The lowest BCUT2D eigenvalue weighted by atomic mass is 10.0. The Labute approximate surface area is 166 Å².